The molecule has 6 atom stereocenters. The number of nitrogens with zero attached hydrogens (tertiary/aromatic N) is 1. The van der Waals surface area contributed by atoms with Gasteiger partial charge in [-0.3, -0.25) is 0 Å². The fourth-order valence-electron chi connectivity index (χ4n) is 7.60. The van der Waals surface area contributed by atoms with Gasteiger partial charge in [0.25, 0.3) is 0 Å². The summed E-state index contributed by atoms with van der Waals surface area (Å²) in [4.78, 5) is 54.4. The molecule has 13 nitrogen and oxygen atoms in total. The molecule has 51 heavy (non-hydrogen) atoms. The van der Waals surface area contributed by atoms with E-state index in [2.05, 4.69) is 4.90 Å². The third kappa shape index (κ3) is 6.64. The summed E-state index contributed by atoms with van der Waals surface area (Å²) in [5, 5.41) is 12.5. The average molecular weight is 708 g/mol. The van der Waals surface area contributed by atoms with E-state index in [-0.39, 0.29) is 29.7 Å². The van der Waals surface area contributed by atoms with E-state index in [0.29, 0.717) is 30.5 Å². The summed E-state index contributed by atoms with van der Waals surface area (Å²) in [7, 11) is 1.97. The molecule has 1 fully saturated rings. The number of carbonyl (C=O) groups is 4. The predicted octanol–water partition coefficient (Wildman–Crippen LogP) is 5.45. The molecule has 6 rings (SSSR count). The maximum atomic E-state index is 13.6. The summed E-state index contributed by atoms with van der Waals surface area (Å²) < 4.78 is 39.6. The van der Waals surface area contributed by atoms with Crippen LogP contribution in [0.2, 0.25) is 0 Å². The molecule has 0 aromatic heterocycles. The van der Waals surface area contributed by atoms with Crippen molar-refractivity contribution in [1.82, 2.24) is 4.90 Å². The zero-order valence-electron chi connectivity index (χ0n) is 30.1. The lowest BCUT2D eigenvalue weighted by molar-refractivity contribution is -0.178. The summed E-state index contributed by atoms with van der Waals surface area (Å²) in [5.74, 6) is -1.39. The molecule has 1 N–H and O–H groups in total. The van der Waals surface area contributed by atoms with E-state index >= 15 is 0 Å². The van der Waals surface area contributed by atoms with Crippen LogP contribution in [-0.4, -0.2) is 82.9 Å². The minimum Gasteiger partial charge on any atom is -0.477 e. The Labute approximate surface area is 296 Å². The first-order chi connectivity index (χ1) is 23.8. The maximum absolute atomic E-state index is 13.6. The normalized spacial score (nSPS) is 25.9. The van der Waals surface area contributed by atoms with Crippen LogP contribution in [0.1, 0.15) is 84.1 Å². The minimum absolute atomic E-state index is 0.122. The topological polar surface area (TPSA) is 156 Å². The fourth-order valence-corrected chi connectivity index (χ4v) is 7.60. The summed E-state index contributed by atoms with van der Waals surface area (Å²) in [6.45, 7) is 12.1. The first-order valence-corrected chi connectivity index (χ1v) is 17.1. The van der Waals surface area contributed by atoms with E-state index in [1.807, 2.05) is 13.1 Å². The third-order valence-electron chi connectivity index (χ3n) is 9.68. The maximum Gasteiger partial charge on any atom is 0.514 e. The van der Waals surface area contributed by atoms with Crippen molar-refractivity contribution in [2.24, 2.45) is 0 Å². The van der Waals surface area contributed by atoms with Crippen LogP contribution in [0.4, 0.5) is 9.59 Å². The first-order valence-electron chi connectivity index (χ1n) is 17.1. The van der Waals surface area contributed by atoms with Gasteiger partial charge in [-0.2, -0.15) is 0 Å². The molecular formula is C38H45NO12. The standard InChI is InChI=1S/C38H45NO12/c1-21(45-32(41)28(22-12-10-9-11-13-22)49-34(43)51-36(5,6)7)31(40)46-25-16-17-38(44)26-20-23-14-15-24(47-33(42)50-35(2,3)4)29-27(23)37(38,30(25)48-29)18-19-39(26)8/h9-16,21,26,28,30,44H,17-20H2,1-8H3/t21?,26-,28+,30+,37+,38-/m1/s1. The second-order valence-corrected chi connectivity index (χ2v) is 15.5. The van der Waals surface area contributed by atoms with Crippen molar-refractivity contribution in [2.75, 3.05) is 13.6 Å². The molecule has 13 heteroatoms. The molecule has 0 radical (unpaired) electrons. The van der Waals surface area contributed by atoms with E-state index in [1.54, 1.807) is 84.0 Å². The number of hydrogen-bond acceptors (Lipinski definition) is 13. The molecule has 0 saturated carbocycles. The lowest BCUT2D eigenvalue weighted by atomic mass is 9.50. The van der Waals surface area contributed by atoms with Gasteiger partial charge in [0.1, 0.15) is 17.0 Å². The Bertz CT molecular complexity index is 1760. The Kier molecular flexibility index (Phi) is 9.12. The zero-order chi connectivity index (χ0) is 37.1. The molecule has 274 valence electrons. The molecule has 2 aliphatic carbocycles. The molecule has 1 unspecified atom stereocenters. The highest BCUT2D eigenvalue weighted by molar-refractivity contribution is 5.84. The van der Waals surface area contributed by atoms with Crippen LogP contribution in [0.15, 0.2) is 54.3 Å². The van der Waals surface area contributed by atoms with Gasteiger partial charge < -0.3 is 43.2 Å². The van der Waals surface area contributed by atoms with Gasteiger partial charge >= 0.3 is 24.2 Å². The highest BCUT2D eigenvalue weighted by atomic mass is 16.7. The van der Waals surface area contributed by atoms with Crippen molar-refractivity contribution < 1.29 is 57.4 Å². The number of benzene rings is 2. The number of carbonyl (C=O) groups excluding carboxylic acids is 4. The van der Waals surface area contributed by atoms with Crippen LogP contribution in [0, 0.1) is 0 Å². The van der Waals surface area contributed by atoms with Crippen LogP contribution >= 0.6 is 0 Å². The van der Waals surface area contributed by atoms with Gasteiger partial charge in [-0.25, -0.2) is 19.2 Å². The van der Waals surface area contributed by atoms with Crippen molar-refractivity contribution in [2.45, 2.75) is 114 Å². The number of likely N-dealkylation sites (N-methyl/N-ethyl adjacent to an activating group) is 1. The summed E-state index contributed by atoms with van der Waals surface area (Å²) in [6, 6.07) is 11.5. The van der Waals surface area contributed by atoms with Gasteiger partial charge in [-0.15, -0.1) is 0 Å². The van der Waals surface area contributed by atoms with Gasteiger partial charge in [0, 0.05) is 23.6 Å². The Morgan fingerprint density at radius 2 is 1.57 bits per heavy atom. The van der Waals surface area contributed by atoms with E-state index in [0.717, 1.165) is 5.56 Å². The molecular weight excluding hydrogens is 662 g/mol. The summed E-state index contributed by atoms with van der Waals surface area (Å²) in [5.41, 5.74) is -2.06. The molecule has 1 spiro atoms. The van der Waals surface area contributed by atoms with E-state index in [4.69, 9.17) is 33.2 Å². The average Bonchev–Trinajstić information content (AvgIpc) is 3.38. The molecule has 2 aliphatic heterocycles. The third-order valence-corrected chi connectivity index (χ3v) is 9.68. The number of rotatable bonds is 7. The van der Waals surface area contributed by atoms with E-state index < -0.39 is 64.8 Å². The summed E-state index contributed by atoms with van der Waals surface area (Å²) >= 11 is 0. The van der Waals surface area contributed by atoms with Gasteiger partial charge in [0.15, 0.2) is 23.7 Å². The molecule has 2 aromatic carbocycles. The Hall–Kier alpha value is -4.62. The highest BCUT2D eigenvalue weighted by Gasteiger charge is 2.72. The number of aliphatic hydroxyl groups is 1. The van der Waals surface area contributed by atoms with Crippen LogP contribution in [0.5, 0.6) is 11.5 Å². The Balaban J connectivity index is 1.25. The second kappa shape index (κ2) is 12.9. The number of esters is 2. The lowest BCUT2D eigenvalue weighted by Crippen LogP contribution is -2.74. The van der Waals surface area contributed by atoms with Crippen LogP contribution in [-0.2, 0) is 45.1 Å². The molecule has 2 aromatic rings. The number of hydrogen-bond donors (Lipinski definition) is 1. The smallest absolute Gasteiger partial charge is 0.477 e. The largest absolute Gasteiger partial charge is 0.514 e. The quantitative estimate of drug-likeness (QED) is 0.221. The van der Waals surface area contributed by atoms with Crippen molar-refractivity contribution >= 4 is 24.2 Å². The summed E-state index contributed by atoms with van der Waals surface area (Å²) in [6.07, 6.45) is -3.16. The molecule has 1 saturated heterocycles. The highest BCUT2D eigenvalue weighted by Crippen LogP contribution is 2.65. The molecule has 2 heterocycles. The van der Waals surface area contributed by atoms with Crippen molar-refractivity contribution in [1.29, 1.82) is 0 Å². The number of ether oxygens (including phenoxy) is 7. The van der Waals surface area contributed by atoms with Gasteiger partial charge in [-0.05, 0) is 92.6 Å². The van der Waals surface area contributed by atoms with Crippen molar-refractivity contribution in [3.63, 3.8) is 0 Å². The second-order valence-electron chi connectivity index (χ2n) is 15.5. The van der Waals surface area contributed by atoms with Crippen molar-refractivity contribution in [3.05, 3.63) is 71.0 Å². The monoisotopic (exact) mass is 707 g/mol. The zero-order valence-corrected chi connectivity index (χ0v) is 30.1. The molecule has 0 amide bonds. The lowest BCUT2D eigenvalue weighted by Gasteiger charge is -2.61. The fraction of sp³-hybridized carbons (Fsp3) is 0.526. The Morgan fingerprint density at radius 1 is 0.902 bits per heavy atom. The van der Waals surface area contributed by atoms with Gasteiger partial charge in [-0.1, -0.05) is 36.4 Å². The number of likely N-dealkylation sites (tertiary alicyclic amines) is 1. The number of piperidine rings is 1. The van der Waals surface area contributed by atoms with Crippen LogP contribution in [0.25, 0.3) is 0 Å². The molecule has 2 bridgehead atoms. The first kappa shape index (κ1) is 36.2. The van der Waals surface area contributed by atoms with Gasteiger partial charge in [0.2, 0.25) is 6.10 Å². The predicted molar refractivity (Wildman–Crippen MR) is 180 cm³/mol. The van der Waals surface area contributed by atoms with Gasteiger partial charge in [0.05, 0.1) is 11.0 Å². The van der Waals surface area contributed by atoms with Crippen molar-refractivity contribution in [3.8, 4) is 11.5 Å². The minimum atomic E-state index is -1.52. The van der Waals surface area contributed by atoms with Crippen LogP contribution in [0.3, 0.4) is 0 Å². The SMILES string of the molecule is CC(OC(=O)[C@@H](OC(=O)OC(C)(C)C)c1ccccc1)C(=O)OC1=CC[C@@]2(O)[C@H]3Cc4ccc(OC(=O)OC(C)(C)C)c5c4[C@@]2(CCN3C)[C@H]1O5. The van der Waals surface area contributed by atoms with E-state index in [1.165, 1.54) is 6.92 Å². The Morgan fingerprint density at radius 3 is 2.24 bits per heavy atom. The molecule has 4 aliphatic rings. The van der Waals surface area contributed by atoms with Crippen LogP contribution < -0.4 is 9.47 Å². The van der Waals surface area contributed by atoms with E-state index in [9.17, 15) is 24.3 Å².